The number of carbonyl (C=O) groups excluding carboxylic acids is 1. The minimum absolute atomic E-state index is 0.0597. The van der Waals surface area contributed by atoms with Crippen molar-refractivity contribution in [3.05, 3.63) is 63.2 Å². The lowest BCUT2D eigenvalue weighted by Crippen LogP contribution is -2.33. The summed E-state index contributed by atoms with van der Waals surface area (Å²) in [4.78, 5) is 12.2. The number of amides is 1. The Morgan fingerprint density at radius 2 is 1.86 bits per heavy atom. The number of benzene rings is 2. The lowest BCUT2D eigenvalue weighted by Gasteiger charge is -2.24. The molecule has 5 nitrogen and oxygen atoms in total. The first-order valence-electron chi connectivity index (χ1n) is 9.24. The fourth-order valence-electron chi connectivity index (χ4n) is 3.00. The maximum atomic E-state index is 12.2. The zero-order chi connectivity index (χ0) is 20.7. The van der Waals surface area contributed by atoms with Crippen LogP contribution in [-0.2, 0) is 14.8 Å². The van der Waals surface area contributed by atoms with Crippen molar-refractivity contribution in [2.75, 3.05) is 23.7 Å². The van der Waals surface area contributed by atoms with Gasteiger partial charge in [0.1, 0.15) is 0 Å². The van der Waals surface area contributed by atoms with Gasteiger partial charge in [-0.25, -0.2) is 8.42 Å². The summed E-state index contributed by atoms with van der Waals surface area (Å²) in [6, 6.07) is 15.7. The van der Waals surface area contributed by atoms with Crippen molar-refractivity contribution in [2.24, 2.45) is 0 Å². The standard InChI is InChI=1S/C21H27IN2O3S/c1-16-14-19(22)11-12-20(16)24(28(3,26)27)13-7-10-21(25)23-15-17(2)18-8-5-4-6-9-18/h4-6,8-9,11-12,14,17H,7,10,13,15H2,1-3H3,(H,23,25)/t17-/m1/s1. The van der Waals surface area contributed by atoms with E-state index in [2.05, 4.69) is 34.8 Å². The molecule has 7 heteroatoms. The van der Waals surface area contributed by atoms with Crippen LogP contribution in [0.15, 0.2) is 48.5 Å². The van der Waals surface area contributed by atoms with Crippen LogP contribution < -0.4 is 9.62 Å². The molecule has 0 aromatic heterocycles. The van der Waals surface area contributed by atoms with Crippen molar-refractivity contribution in [1.82, 2.24) is 5.32 Å². The summed E-state index contributed by atoms with van der Waals surface area (Å²) < 4.78 is 26.9. The summed E-state index contributed by atoms with van der Waals surface area (Å²) in [5.74, 6) is 0.169. The number of hydrogen-bond acceptors (Lipinski definition) is 3. The zero-order valence-electron chi connectivity index (χ0n) is 16.5. The van der Waals surface area contributed by atoms with Gasteiger partial charge in [-0.1, -0.05) is 37.3 Å². The van der Waals surface area contributed by atoms with Crippen LogP contribution in [0, 0.1) is 10.5 Å². The second-order valence-electron chi connectivity index (χ2n) is 6.99. The molecule has 1 N–H and O–H groups in total. The molecule has 1 atom stereocenters. The van der Waals surface area contributed by atoms with Crippen molar-refractivity contribution < 1.29 is 13.2 Å². The molecule has 152 valence electrons. The SMILES string of the molecule is Cc1cc(I)ccc1N(CCCC(=O)NC[C@@H](C)c1ccccc1)S(C)(=O)=O. The lowest BCUT2D eigenvalue weighted by molar-refractivity contribution is -0.121. The lowest BCUT2D eigenvalue weighted by atomic mass is 10.0. The Balaban J connectivity index is 1.89. The smallest absolute Gasteiger partial charge is 0.232 e. The Kier molecular flexibility index (Phi) is 8.30. The fraction of sp³-hybridized carbons (Fsp3) is 0.381. The molecule has 0 saturated heterocycles. The monoisotopic (exact) mass is 514 g/mol. The Hall–Kier alpha value is -1.61. The van der Waals surface area contributed by atoms with E-state index < -0.39 is 10.0 Å². The molecule has 0 aliphatic carbocycles. The largest absolute Gasteiger partial charge is 0.356 e. The third-order valence-electron chi connectivity index (χ3n) is 4.57. The normalized spacial score (nSPS) is 12.4. The van der Waals surface area contributed by atoms with Crippen molar-refractivity contribution in [3.8, 4) is 0 Å². The summed E-state index contributed by atoms with van der Waals surface area (Å²) in [7, 11) is -3.41. The predicted octanol–water partition coefficient (Wildman–Crippen LogP) is 4.07. The average molecular weight is 514 g/mol. The predicted molar refractivity (Wildman–Crippen MR) is 123 cm³/mol. The van der Waals surface area contributed by atoms with Crippen LogP contribution >= 0.6 is 22.6 Å². The van der Waals surface area contributed by atoms with Gasteiger partial charge in [0.2, 0.25) is 15.9 Å². The van der Waals surface area contributed by atoms with Crippen molar-refractivity contribution >= 4 is 44.2 Å². The number of nitrogens with one attached hydrogen (secondary N) is 1. The van der Waals surface area contributed by atoms with Crippen LogP contribution in [0.4, 0.5) is 5.69 Å². The highest BCUT2D eigenvalue weighted by Gasteiger charge is 2.19. The molecule has 2 rings (SSSR count). The molecule has 0 unspecified atom stereocenters. The van der Waals surface area contributed by atoms with Crippen LogP contribution in [0.1, 0.15) is 36.8 Å². The van der Waals surface area contributed by atoms with E-state index in [-0.39, 0.29) is 24.8 Å². The van der Waals surface area contributed by atoms with Crippen molar-refractivity contribution in [1.29, 1.82) is 0 Å². The number of nitrogens with zero attached hydrogens (tertiary/aromatic N) is 1. The molecule has 0 fully saturated rings. The maximum Gasteiger partial charge on any atom is 0.232 e. The highest BCUT2D eigenvalue weighted by atomic mass is 127. The molecule has 0 aliphatic heterocycles. The third kappa shape index (κ3) is 6.77. The van der Waals surface area contributed by atoms with E-state index in [0.717, 1.165) is 9.13 Å². The summed E-state index contributed by atoms with van der Waals surface area (Å²) in [5, 5.41) is 2.94. The van der Waals surface area contributed by atoms with E-state index in [1.54, 1.807) is 0 Å². The third-order valence-corrected chi connectivity index (χ3v) is 6.42. The van der Waals surface area contributed by atoms with Gasteiger partial charge in [-0.05, 0) is 71.2 Å². The molecule has 2 aromatic rings. The highest BCUT2D eigenvalue weighted by molar-refractivity contribution is 14.1. The molecule has 0 radical (unpaired) electrons. The summed E-state index contributed by atoms with van der Waals surface area (Å²) in [5.41, 5.74) is 2.75. The number of anilines is 1. The Bertz CT molecular complexity index is 901. The van der Waals surface area contributed by atoms with Gasteiger partial charge in [0.05, 0.1) is 11.9 Å². The molecule has 2 aromatic carbocycles. The van der Waals surface area contributed by atoms with E-state index in [1.165, 1.54) is 16.1 Å². The van der Waals surface area contributed by atoms with E-state index in [4.69, 9.17) is 0 Å². The quantitative estimate of drug-likeness (QED) is 0.514. The molecule has 0 spiro atoms. The van der Waals surface area contributed by atoms with Crippen LogP contribution in [0.5, 0.6) is 0 Å². The minimum Gasteiger partial charge on any atom is -0.356 e. The van der Waals surface area contributed by atoms with Gasteiger partial charge < -0.3 is 5.32 Å². The summed E-state index contributed by atoms with van der Waals surface area (Å²) >= 11 is 2.20. The van der Waals surface area contributed by atoms with Gasteiger partial charge >= 0.3 is 0 Å². The van der Waals surface area contributed by atoms with Crippen molar-refractivity contribution in [3.63, 3.8) is 0 Å². The van der Waals surface area contributed by atoms with E-state index in [0.29, 0.717) is 18.7 Å². The zero-order valence-corrected chi connectivity index (χ0v) is 19.5. The molecule has 1 amide bonds. The molecule has 0 heterocycles. The Morgan fingerprint density at radius 3 is 2.46 bits per heavy atom. The molecular weight excluding hydrogens is 487 g/mol. The van der Waals surface area contributed by atoms with Gasteiger partial charge in [0.15, 0.2) is 0 Å². The van der Waals surface area contributed by atoms with Crippen LogP contribution in [0.2, 0.25) is 0 Å². The molecule has 0 aliphatic rings. The van der Waals surface area contributed by atoms with Gasteiger partial charge in [-0.2, -0.15) is 0 Å². The minimum atomic E-state index is -3.41. The summed E-state index contributed by atoms with van der Waals surface area (Å²) in [6.07, 6.45) is 1.95. The van der Waals surface area contributed by atoms with Gasteiger partial charge in [-0.15, -0.1) is 0 Å². The van der Waals surface area contributed by atoms with E-state index >= 15 is 0 Å². The molecular formula is C21H27IN2O3S. The number of halogens is 1. The van der Waals surface area contributed by atoms with Gasteiger partial charge in [0, 0.05) is 23.1 Å². The van der Waals surface area contributed by atoms with Crippen LogP contribution in [-0.4, -0.2) is 33.7 Å². The molecule has 0 saturated carbocycles. The van der Waals surface area contributed by atoms with Crippen molar-refractivity contribution in [2.45, 2.75) is 32.6 Å². The number of aryl methyl sites for hydroxylation is 1. The van der Waals surface area contributed by atoms with E-state index in [1.807, 2.05) is 55.5 Å². The number of sulfonamides is 1. The number of carbonyl (C=O) groups is 1. The highest BCUT2D eigenvalue weighted by Crippen LogP contribution is 2.24. The first-order valence-corrected chi connectivity index (χ1v) is 12.2. The maximum absolute atomic E-state index is 12.2. The second kappa shape index (κ2) is 10.2. The second-order valence-corrected chi connectivity index (χ2v) is 10.1. The van der Waals surface area contributed by atoms with Crippen LogP contribution in [0.3, 0.4) is 0 Å². The van der Waals surface area contributed by atoms with Gasteiger partial charge in [-0.3, -0.25) is 9.10 Å². The first-order chi connectivity index (χ1) is 13.2. The van der Waals surface area contributed by atoms with Crippen LogP contribution in [0.25, 0.3) is 0 Å². The number of hydrogen-bond donors (Lipinski definition) is 1. The first kappa shape index (κ1) is 22.7. The Labute approximate surface area is 181 Å². The fourth-order valence-corrected chi connectivity index (χ4v) is 4.67. The van der Waals surface area contributed by atoms with E-state index in [9.17, 15) is 13.2 Å². The topological polar surface area (TPSA) is 66.5 Å². The molecule has 0 bridgehead atoms. The number of rotatable bonds is 9. The Morgan fingerprint density at radius 1 is 1.18 bits per heavy atom. The summed E-state index contributed by atoms with van der Waals surface area (Å²) in [6.45, 7) is 4.81. The molecule has 28 heavy (non-hydrogen) atoms. The van der Waals surface area contributed by atoms with Gasteiger partial charge in [0.25, 0.3) is 0 Å². The average Bonchev–Trinajstić information content (AvgIpc) is 2.64.